The predicted octanol–water partition coefficient (Wildman–Crippen LogP) is 5.60. The molecule has 0 aliphatic carbocycles. The number of hydrogen-bond donors (Lipinski definition) is 0. The van der Waals surface area contributed by atoms with E-state index < -0.39 is 0 Å². The van der Waals surface area contributed by atoms with E-state index in [1.807, 2.05) is 12.1 Å². The summed E-state index contributed by atoms with van der Waals surface area (Å²) in [6, 6.07) is 15.0. The van der Waals surface area contributed by atoms with Gasteiger partial charge in [0.05, 0.1) is 5.39 Å². The lowest BCUT2D eigenvalue weighted by atomic mass is 10.00. The Bertz CT molecular complexity index is 777. The van der Waals surface area contributed by atoms with E-state index in [0.717, 1.165) is 11.2 Å². The lowest BCUT2D eigenvalue weighted by Crippen LogP contribution is -2.46. The first kappa shape index (κ1) is 14.0. The standard InChI is InChI=1S/C19H23NO/c1-13(2)20(19(3,4)5)15-10-8-12-17-18(15)14-9-6-7-11-16(14)21-17/h6-13H,1-5H3. The zero-order valence-corrected chi connectivity index (χ0v) is 13.5. The monoisotopic (exact) mass is 281 g/mol. The van der Waals surface area contributed by atoms with Crippen LogP contribution in [0.1, 0.15) is 34.6 Å². The molecular formula is C19H23NO. The maximum absolute atomic E-state index is 6.01. The second-order valence-corrected chi connectivity index (χ2v) is 6.88. The maximum atomic E-state index is 6.01. The van der Waals surface area contributed by atoms with Crippen LogP contribution in [-0.2, 0) is 0 Å². The molecule has 0 saturated heterocycles. The van der Waals surface area contributed by atoms with Gasteiger partial charge < -0.3 is 9.32 Å². The maximum Gasteiger partial charge on any atom is 0.137 e. The largest absolute Gasteiger partial charge is 0.456 e. The molecule has 21 heavy (non-hydrogen) atoms. The molecule has 3 aromatic rings. The van der Waals surface area contributed by atoms with Gasteiger partial charge in [-0.25, -0.2) is 0 Å². The number of benzene rings is 2. The SMILES string of the molecule is CC(C)N(c1cccc2oc3ccccc3c12)C(C)(C)C. The number of hydrogen-bond acceptors (Lipinski definition) is 2. The van der Waals surface area contributed by atoms with Crippen LogP contribution in [-0.4, -0.2) is 11.6 Å². The molecule has 110 valence electrons. The molecule has 0 radical (unpaired) electrons. The van der Waals surface area contributed by atoms with Crippen LogP contribution in [0.2, 0.25) is 0 Å². The van der Waals surface area contributed by atoms with Gasteiger partial charge in [0.1, 0.15) is 11.2 Å². The molecular weight excluding hydrogens is 258 g/mol. The third-order valence-electron chi connectivity index (χ3n) is 3.88. The Labute approximate surface area is 126 Å². The molecule has 1 aromatic heterocycles. The van der Waals surface area contributed by atoms with Crippen molar-refractivity contribution >= 4 is 27.6 Å². The molecule has 0 unspecified atom stereocenters. The molecule has 0 aliphatic heterocycles. The third-order valence-corrected chi connectivity index (χ3v) is 3.88. The number of rotatable bonds is 2. The zero-order valence-electron chi connectivity index (χ0n) is 13.5. The highest BCUT2D eigenvalue weighted by Gasteiger charge is 2.27. The highest BCUT2D eigenvalue weighted by Crippen LogP contribution is 2.39. The molecule has 0 amide bonds. The van der Waals surface area contributed by atoms with Crippen LogP contribution in [0.3, 0.4) is 0 Å². The number of fused-ring (bicyclic) bond motifs is 3. The summed E-state index contributed by atoms with van der Waals surface area (Å²) in [6.45, 7) is 11.3. The fourth-order valence-corrected chi connectivity index (χ4v) is 3.37. The molecule has 0 fully saturated rings. The Morgan fingerprint density at radius 2 is 1.57 bits per heavy atom. The lowest BCUT2D eigenvalue weighted by Gasteiger charge is -2.41. The Hall–Kier alpha value is -1.96. The molecule has 2 heteroatoms. The average Bonchev–Trinajstić information content (AvgIpc) is 2.75. The summed E-state index contributed by atoms with van der Waals surface area (Å²) in [4.78, 5) is 2.47. The molecule has 0 spiro atoms. The van der Waals surface area contributed by atoms with Crippen LogP contribution in [0.25, 0.3) is 21.9 Å². The molecule has 2 nitrogen and oxygen atoms in total. The minimum Gasteiger partial charge on any atom is -0.456 e. The fraction of sp³-hybridized carbons (Fsp3) is 0.368. The van der Waals surface area contributed by atoms with Crippen molar-refractivity contribution in [1.82, 2.24) is 0 Å². The highest BCUT2D eigenvalue weighted by molar-refractivity contribution is 6.11. The third kappa shape index (κ3) is 2.29. The normalized spacial score (nSPS) is 12.5. The van der Waals surface area contributed by atoms with Gasteiger partial charge in [-0.3, -0.25) is 0 Å². The summed E-state index contributed by atoms with van der Waals surface area (Å²) < 4.78 is 6.01. The smallest absolute Gasteiger partial charge is 0.137 e. The first-order valence-electron chi connectivity index (χ1n) is 7.59. The first-order valence-corrected chi connectivity index (χ1v) is 7.59. The van der Waals surface area contributed by atoms with Crippen molar-refractivity contribution < 1.29 is 4.42 Å². The van der Waals surface area contributed by atoms with Crippen molar-refractivity contribution in [3.63, 3.8) is 0 Å². The zero-order chi connectivity index (χ0) is 15.2. The quantitative estimate of drug-likeness (QED) is 0.608. The summed E-state index contributed by atoms with van der Waals surface area (Å²) in [6.07, 6.45) is 0. The topological polar surface area (TPSA) is 16.4 Å². The average molecular weight is 281 g/mol. The fourth-order valence-electron chi connectivity index (χ4n) is 3.37. The van der Waals surface area contributed by atoms with Crippen molar-refractivity contribution in [3.05, 3.63) is 42.5 Å². The van der Waals surface area contributed by atoms with Crippen LogP contribution >= 0.6 is 0 Å². The Balaban J connectivity index is 2.36. The van der Waals surface area contributed by atoms with Gasteiger partial charge in [-0.1, -0.05) is 24.3 Å². The summed E-state index contributed by atoms with van der Waals surface area (Å²) in [5, 5.41) is 2.41. The van der Waals surface area contributed by atoms with Crippen molar-refractivity contribution in [2.75, 3.05) is 4.90 Å². The van der Waals surface area contributed by atoms with Gasteiger partial charge in [0.2, 0.25) is 0 Å². The summed E-state index contributed by atoms with van der Waals surface area (Å²) in [5.74, 6) is 0. The van der Waals surface area contributed by atoms with Gasteiger partial charge >= 0.3 is 0 Å². The second kappa shape index (κ2) is 4.80. The predicted molar refractivity (Wildman–Crippen MR) is 91.1 cm³/mol. The number of nitrogens with zero attached hydrogens (tertiary/aromatic N) is 1. The van der Waals surface area contributed by atoms with Crippen LogP contribution in [0, 0.1) is 0 Å². The second-order valence-electron chi connectivity index (χ2n) is 6.88. The summed E-state index contributed by atoms with van der Waals surface area (Å²) in [7, 11) is 0. The Kier molecular flexibility index (Phi) is 3.20. The minimum atomic E-state index is 0.0564. The number of para-hydroxylation sites is 1. The minimum absolute atomic E-state index is 0.0564. The highest BCUT2D eigenvalue weighted by atomic mass is 16.3. The van der Waals surface area contributed by atoms with Crippen molar-refractivity contribution in [2.45, 2.75) is 46.2 Å². The number of furan rings is 1. The van der Waals surface area contributed by atoms with Crippen LogP contribution < -0.4 is 4.90 Å². The van der Waals surface area contributed by atoms with E-state index in [-0.39, 0.29) is 5.54 Å². The van der Waals surface area contributed by atoms with E-state index in [1.54, 1.807) is 0 Å². The van der Waals surface area contributed by atoms with Gasteiger partial charge in [0.25, 0.3) is 0 Å². The molecule has 2 aromatic carbocycles. The Morgan fingerprint density at radius 1 is 0.905 bits per heavy atom. The van der Waals surface area contributed by atoms with Gasteiger partial charge in [-0.15, -0.1) is 0 Å². The first-order chi connectivity index (χ1) is 9.89. The van der Waals surface area contributed by atoms with Crippen molar-refractivity contribution in [1.29, 1.82) is 0 Å². The molecule has 0 aliphatic rings. The van der Waals surface area contributed by atoms with E-state index in [1.165, 1.54) is 16.5 Å². The number of anilines is 1. The summed E-state index contributed by atoms with van der Waals surface area (Å²) in [5.41, 5.74) is 3.22. The van der Waals surface area contributed by atoms with E-state index in [9.17, 15) is 0 Å². The van der Waals surface area contributed by atoms with Gasteiger partial charge in [-0.05, 0) is 52.8 Å². The molecule has 1 heterocycles. The molecule has 0 bridgehead atoms. The Morgan fingerprint density at radius 3 is 2.24 bits per heavy atom. The van der Waals surface area contributed by atoms with E-state index in [0.29, 0.717) is 6.04 Å². The van der Waals surface area contributed by atoms with Gasteiger partial charge in [-0.2, -0.15) is 0 Å². The summed E-state index contributed by atoms with van der Waals surface area (Å²) >= 11 is 0. The van der Waals surface area contributed by atoms with E-state index in [2.05, 4.69) is 69.9 Å². The molecule has 0 atom stereocenters. The van der Waals surface area contributed by atoms with Gasteiger partial charge in [0.15, 0.2) is 0 Å². The lowest BCUT2D eigenvalue weighted by molar-refractivity contribution is 0.466. The van der Waals surface area contributed by atoms with Crippen LogP contribution in [0.5, 0.6) is 0 Å². The molecule has 0 N–H and O–H groups in total. The van der Waals surface area contributed by atoms with Crippen molar-refractivity contribution in [2.24, 2.45) is 0 Å². The van der Waals surface area contributed by atoms with Crippen molar-refractivity contribution in [3.8, 4) is 0 Å². The molecule has 0 saturated carbocycles. The molecule has 3 rings (SSSR count). The van der Waals surface area contributed by atoms with Crippen LogP contribution in [0.15, 0.2) is 46.9 Å². The van der Waals surface area contributed by atoms with E-state index >= 15 is 0 Å². The van der Waals surface area contributed by atoms with Crippen LogP contribution in [0.4, 0.5) is 5.69 Å². The van der Waals surface area contributed by atoms with Gasteiger partial charge in [0, 0.05) is 22.7 Å². The van der Waals surface area contributed by atoms with E-state index in [4.69, 9.17) is 4.42 Å².